The summed E-state index contributed by atoms with van der Waals surface area (Å²) in [6, 6.07) is 24.0. The van der Waals surface area contributed by atoms with Crippen molar-refractivity contribution in [2.24, 2.45) is 10.2 Å². The molecule has 2 saturated carbocycles. The van der Waals surface area contributed by atoms with Crippen LogP contribution in [0.5, 0.6) is 0 Å². The molecule has 2 aliphatic carbocycles. The first-order valence-corrected chi connectivity index (χ1v) is 13.1. The monoisotopic (exact) mass is 496 g/mol. The second kappa shape index (κ2) is 11.8. The number of hydrogen-bond acceptors (Lipinski definition) is 5. The van der Waals surface area contributed by atoms with Gasteiger partial charge in [0.25, 0.3) is 0 Å². The van der Waals surface area contributed by atoms with Crippen LogP contribution in [0.1, 0.15) is 95.4 Å². The largest absolute Gasteiger partial charge is 0.446 e. The van der Waals surface area contributed by atoms with Crippen molar-refractivity contribution < 1.29 is 14.0 Å². The lowest BCUT2D eigenvalue weighted by Crippen LogP contribution is -2.22. The number of nitrogens with one attached hydrogen (secondary N) is 2. The van der Waals surface area contributed by atoms with Gasteiger partial charge in [-0.1, -0.05) is 60.7 Å². The number of hydrazone groups is 2. The van der Waals surface area contributed by atoms with Crippen molar-refractivity contribution in [1.29, 1.82) is 0 Å². The molecule has 1 aromatic heterocycles. The SMILES string of the molecule is O=C(NN=C1CCC(c2ccccc2)CC1)c1ccc(C(=O)NN=C2CCC(c3ccccc3)CC2)o1. The van der Waals surface area contributed by atoms with Crippen molar-refractivity contribution in [3.05, 3.63) is 95.4 Å². The molecule has 2 amide bonds. The highest BCUT2D eigenvalue weighted by atomic mass is 16.4. The number of carbonyl (C=O) groups excluding carboxylic acids is 2. The fourth-order valence-electron chi connectivity index (χ4n) is 5.19. The van der Waals surface area contributed by atoms with E-state index in [1.54, 1.807) is 0 Å². The number of nitrogens with zero attached hydrogens (tertiary/aromatic N) is 2. The molecule has 2 fully saturated rings. The number of hydrogen-bond donors (Lipinski definition) is 2. The van der Waals surface area contributed by atoms with Crippen molar-refractivity contribution in [3.8, 4) is 0 Å². The van der Waals surface area contributed by atoms with Gasteiger partial charge < -0.3 is 4.42 Å². The van der Waals surface area contributed by atoms with Crippen LogP contribution in [0.3, 0.4) is 0 Å². The highest BCUT2D eigenvalue weighted by molar-refractivity contribution is 5.97. The maximum absolute atomic E-state index is 12.5. The number of benzene rings is 2. The lowest BCUT2D eigenvalue weighted by atomic mass is 9.83. The molecule has 0 bridgehead atoms. The predicted octanol–water partition coefficient (Wildman–Crippen LogP) is 6.17. The molecular weight excluding hydrogens is 464 g/mol. The lowest BCUT2D eigenvalue weighted by Gasteiger charge is -2.23. The molecule has 7 nitrogen and oxygen atoms in total. The number of carbonyl (C=O) groups is 2. The average molecular weight is 497 g/mol. The van der Waals surface area contributed by atoms with E-state index in [-0.39, 0.29) is 11.5 Å². The van der Waals surface area contributed by atoms with Crippen LogP contribution < -0.4 is 10.9 Å². The van der Waals surface area contributed by atoms with Gasteiger partial charge in [0.2, 0.25) is 0 Å². The second-order valence-corrected chi connectivity index (χ2v) is 9.77. The van der Waals surface area contributed by atoms with E-state index in [4.69, 9.17) is 4.42 Å². The van der Waals surface area contributed by atoms with Gasteiger partial charge in [-0.15, -0.1) is 0 Å². The van der Waals surface area contributed by atoms with E-state index in [2.05, 4.69) is 69.6 Å². The molecule has 0 aliphatic heterocycles. The molecule has 5 rings (SSSR count). The maximum atomic E-state index is 12.5. The van der Waals surface area contributed by atoms with Crippen LogP contribution in [0.4, 0.5) is 0 Å². The third-order valence-electron chi connectivity index (χ3n) is 7.35. The summed E-state index contributed by atoms with van der Waals surface area (Å²) in [7, 11) is 0. The number of rotatable bonds is 6. The summed E-state index contributed by atoms with van der Waals surface area (Å²) in [4.78, 5) is 25.0. The predicted molar refractivity (Wildman–Crippen MR) is 144 cm³/mol. The van der Waals surface area contributed by atoms with Crippen LogP contribution in [0.2, 0.25) is 0 Å². The van der Waals surface area contributed by atoms with E-state index in [9.17, 15) is 9.59 Å². The van der Waals surface area contributed by atoms with Crippen LogP contribution >= 0.6 is 0 Å². The zero-order valence-corrected chi connectivity index (χ0v) is 20.9. The van der Waals surface area contributed by atoms with Gasteiger partial charge in [-0.3, -0.25) is 9.59 Å². The number of amides is 2. The smallest absolute Gasteiger partial charge is 0.307 e. The Balaban J connectivity index is 1.08. The van der Waals surface area contributed by atoms with Gasteiger partial charge in [-0.05, 0) is 86.5 Å². The Hall–Kier alpha value is -4.00. The van der Waals surface area contributed by atoms with Crippen molar-refractivity contribution >= 4 is 23.2 Å². The number of furan rings is 1. The third-order valence-corrected chi connectivity index (χ3v) is 7.35. The summed E-state index contributed by atoms with van der Waals surface area (Å²) >= 11 is 0. The van der Waals surface area contributed by atoms with E-state index in [1.807, 2.05) is 12.1 Å². The molecule has 190 valence electrons. The molecule has 0 saturated heterocycles. The van der Waals surface area contributed by atoms with Gasteiger partial charge in [0, 0.05) is 11.4 Å². The molecule has 0 unspecified atom stereocenters. The Morgan fingerprint density at radius 2 is 0.973 bits per heavy atom. The van der Waals surface area contributed by atoms with E-state index in [0.29, 0.717) is 11.8 Å². The Bertz CT molecular complexity index is 1160. The third kappa shape index (κ3) is 6.42. The van der Waals surface area contributed by atoms with Gasteiger partial charge in [-0.25, -0.2) is 10.9 Å². The van der Waals surface area contributed by atoms with Gasteiger partial charge >= 0.3 is 11.8 Å². The summed E-state index contributed by atoms with van der Waals surface area (Å²) in [6.45, 7) is 0. The van der Waals surface area contributed by atoms with E-state index < -0.39 is 11.8 Å². The molecule has 1 heterocycles. The quantitative estimate of drug-likeness (QED) is 0.400. The molecule has 0 spiro atoms. The van der Waals surface area contributed by atoms with Crippen molar-refractivity contribution in [1.82, 2.24) is 10.9 Å². The minimum atomic E-state index is -0.470. The Morgan fingerprint density at radius 1 is 0.595 bits per heavy atom. The van der Waals surface area contributed by atoms with E-state index in [1.165, 1.54) is 23.3 Å². The Kier molecular flexibility index (Phi) is 7.89. The van der Waals surface area contributed by atoms with Gasteiger partial charge in [0.1, 0.15) is 0 Å². The van der Waals surface area contributed by atoms with Crippen LogP contribution in [0.15, 0.2) is 87.4 Å². The minimum absolute atomic E-state index is 0.0449. The molecular formula is C30H32N4O3. The van der Waals surface area contributed by atoms with E-state index in [0.717, 1.165) is 62.8 Å². The molecule has 2 N–H and O–H groups in total. The summed E-state index contributed by atoms with van der Waals surface area (Å²) in [5.74, 6) is 0.213. The highest BCUT2D eigenvalue weighted by Crippen LogP contribution is 2.32. The average Bonchev–Trinajstić information content (AvgIpc) is 3.47. The molecule has 0 atom stereocenters. The molecule has 2 aliphatic rings. The summed E-state index contributed by atoms with van der Waals surface area (Å²) in [5, 5.41) is 8.60. The Labute approximate surface area is 217 Å². The van der Waals surface area contributed by atoms with Crippen LogP contribution in [-0.4, -0.2) is 23.2 Å². The van der Waals surface area contributed by atoms with Gasteiger partial charge in [0.05, 0.1) is 0 Å². The first-order valence-electron chi connectivity index (χ1n) is 13.1. The van der Waals surface area contributed by atoms with Crippen molar-refractivity contribution in [3.63, 3.8) is 0 Å². The summed E-state index contributed by atoms with van der Waals surface area (Å²) < 4.78 is 5.47. The molecule has 7 heteroatoms. The summed E-state index contributed by atoms with van der Waals surface area (Å²) in [5.41, 5.74) is 9.81. The highest BCUT2D eigenvalue weighted by Gasteiger charge is 2.21. The first kappa shape index (κ1) is 24.7. The van der Waals surface area contributed by atoms with Crippen molar-refractivity contribution in [2.75, 3.05) is 0 Å². The van der Waals surface area contributed by atoms with Crippen LogP contribution in [0.25, 0.3) is 0 Å². The molecule has 3 aromatic rings. The summed E-state index contributed by atoms with van der Waals surface area (Å²) in [6.07, 6.45) is 7.43. The van der Waals surface area contributed by atoms with Crippen LogP contribution in [-0.2, 0) is 0 Å². The van der Waals surface area contributed by atoms with Gasteiger partial charge in [-0.2, -0.15) is 10.2 Å². The topological polar surface area (TPSA) is 96.1 Å². The maximum Gasteiger partial charge on any atom is 0.307 e. The first-order chi connectivity index (χ1) is 18.2. The second-order valence-electron chi connectivity index (χ2n) is 9.77. The van der Waals surface area contributed by atoms with Gasteiger partial charge in [0.15, 0.2) is 11.5 Å². The van der Waals surface area contributed by atoms with Crippen molar-refractivity contribution in [2.45, 2.75) is 63.2 Å². The molecule has 0 radical (unpaired) electrons. The zero-order chi connectivity index (χ0) is 25.5. The lowest BCUT2D eigenvalue weighted by molar-refractivity contribution is 0.0901. The van der Waals surface area contributed by atoms with E-state index >= 15 is 0 Å². The van der Waals surface area contributed by atoms with Crippen LogP contribution in [0, 0.1) is 0 Å². The Morgan fingerprint density at radius 3 is 1.35 bits per heavy atom. The molecule has 2 aromatic carbocycles. The molecule has 37 heavy (non-hydrogen) atoms. The normalized spacial score (nSPS) is 19.7. The fourth-order valence-corrected chi connectivity index (χ4v) is 5.19. The fraction of sp³-hybridized carbons (Fsp3) is 0.333. The standard InChI is InChI=1S/C30H32N4O3/c35-29(33-31-25-15-11-23(12-16-25)21-7-3-1-4-8-21)27-19-20-28(37-27)30(36)34-32-26-17-13-24(14-18-26)22-9-5-2-6-10-22/h1-10,19-20,23-24H,11-18H2,(H,33,35)(H,34,36). The zero-order valence-electron chi connectivity index (χ0n) is 20.9. The minimum Gasteiger partial charge on any atom is -0.446 e.